The Hall–Kier alpha value is -1.73. The highest BCUT2D eigenvalue weighted by Crippen LogP contribution is 2.18. The summed E-state index contributed by atoms with van der Waals surface area (Å²) in [7, 11) is 0. The fraction of sp³-hybridized carbons (Fsp3) is 0.866. The molecule has 0 aromatic rings. The van der Waals surface area contributed by atoms with Crippen molar-refractivity contribution in [2.45, 2.75) is 366 Å². The fourth-order valence-corrected chi connectivity index (χ4v) is 10.1. The molecule has 73 heavy (non-hydrogen) atoms. The third-order valence-electron chi connectivity index (χ3n) is 15.2. The molecule has 5 N–H and O–H groups in total. The molecule has 0 radical (unpaired) electrons. The van der Waals surface area contributed by atoms with E-state index in [-0.39, 0.29) is 0 Å². The Bertz CT molecular complexity index is 1200. The van der Waals surface area contributed by atoms with Gasteiger partial charge < -0.3 is 25.7 Å². The van der Waals surface area contributed by atoms with Crippen LogP contribution in [0.15, 0.2) is 48.6 Å². The second-order valence-corrected chi connectivity index (χ2v) is 22.4. The van der Waals surface area contributed by atoms with E-state index < -0.39 is 36.9 Å². The summed E-state index contributed by atoms with van der Waals surface area (Å²) >= 11 is 0. The highest BCUT2D eigenvalue weighted by Gasteiger charge is 2.28. The number of unbranched alkanes of at least 4 members (excludes halogenated alkanes) is 43. The molecule has 0 aliphatic carbocycles. The van der Waals surface area contributed by atoms with E-state index in [0.29, 0.717) is 19.3 Å². The van der Waals surface area contributed by atoms with Gasteiger partial charge in [-0.3, -0.25) is 4.79 Å². The van der Waals surface area contributed by atoms with E-state index in [1.165, 1.54) is 257 Å². The van der Waals surface area contributed by atoms with E-state index >= 15 is 0 Å². The van der Waals surface area contributed by atoms with Crippen molar-refractivity contribution in [1.82, 2.24) is 5.32 Å². The summed E-state index contributed by atoms with van der Waals surface area (Å²) in [4.78, 5) is 12.6. The number of rotatable bonds is 60. The average Bonchev–Trinajstić information content (AvgIpc) is 3.40. The van der Waals surface area contributed by atoms with Crippen molar-refractivity contribution in [3.63, 3.8) is 0 Å². The average molecular weight is 1030 g/mol. The van der Waals surface area contributed by atoms with Crippen molar-refractivity contribution < 1.29 is 25.2 Å². The third kappa shape index (κ3) is 54.9. The Morgan fingerprint density at radius 2 is 0.575 bits per heavy atom. The second-order valence-electron chi connectivity index (χ2n) is 22.4. The highest BCUT2D eigenvalue weighted by molar-refractivity contribution is 5.80. The molecule has 0 aliphatic rings. The molecule has 4 atom stereocenters. The van der Waals surface area contributed by atoms with Crippen molar-refractivity contribution in [2.75, 3.05) is 6.61 Å². The summed E-state index contributed by atoms with van der Waals surface area (Å²) in [6.07, 6.45) is 79.3. The molecule has 4 unspecified atom stereocenters. The topological polar surface area (TPSA) is 110 Å². The quantitative estimate of drug-likeness (QED) is 0.0308. The van der Waals surface area contributed by atoms with Gasteiger partial charge in [-0.2, -0.15) is 0 Å². The van der Waals surface area contributed by atoms with Gasteiger partial charge in [0, 0.05) is 0 Å². The first-order chi connectivity index (χ1) is 36.0. The zero-order valence-corrected chi connectivity index (χ0v) is 48.9. The predicted octanol–water partition coefficient (Wildman–Crippen LogP) is 19.7. The number of allylic oxidation sites excluding steroid dienone is 8. The largest absolute Gasteiger partial charge is 0.394 e. The first-order valence-electron chi connectivity index (χ1n) is 32.5. The zero-order valence-electron chi connectivity index (χ0n) is 48.9. The van der Waals surface area contributed by atoms with Crippen LogP contribution in [0.25, 0.3) is 0 Å². The molecular weight excluding hydrogens is 899 g/mol. The van der Waals surface area contributed by atoms with Gasteiger partial charge in [0.05, 0.1) is 18.8 Å². The zero-order chi connectivity index (χ0) is 53.0. The van der Waals surface area contributed by atoms with Crippen LogP contribution >= 0.6 is 0 Å². The van der Waals surface area contributed by atoms with Crippen LogP contribution in [0, 0.1) is 0 Å². The Labute approximate surface area is 455 Å². The molecule has 0 fully saturated rings. The van der Waals surface area contributed by atoms with E-state index in [9.17, 15) is 25.2 Å². The Morgan fingerprint density at radius 1 is 0.329 bits per heavy atom. The van der Waals surface area contributed by atoms with Crippen molar-refractivity contribution in [1.29, 1.82) is 0 Å². The van der Waals surface area contributed by atoms with Crippen LogP contribution in [0.4, 0.5) is 0 Å². The van der Waals surface area contributed by atoms with Crippen LogP contribution in [0.2, 0.25) is 0 Å². The van der Waals surface area contributed by atoms with Gasteiger partial charge >= 0.3 is 0 Å². The van der Waals surface area contributed by atoms with Gasteiger partial charge in [0.2, 0.25) is 5.91 Å². The Balaban J connectivity index is 3.66. The van der Waals surface area contributed by atoms with Gasteiger partial charge in [0.15, 0.2) is 0 Å². The number of carbonyl (C=O) groups is 1. The standard InChI is InChI=1S/C67H127NO5/c1-3-5-7-9-11-13-15-17-19-21-23-25-27-29-30-31-32-33-34-35-37-38-40-42-44-46-48-50-52-54-56-58-60-64(70)66(72)63(62-69)68-67(73)65(71)61-59-57-55-53-51-49-47-45-43-41-39-36-28-26-24-22-20-18-16-14-12-10-8-6-4-2/h36-39,44,46,52,54,63-66,69-72H,3-35,40-43,45,47-51,53,55-62H2,1-2H3,(H,68,73)/b38-37+,39-36-,46-44+,54-52+. The number of aliphatic hydroxyl groups excluding tert-OH is 4. The number of carbonyl (C=O) groups excluding carboxylic acids is 1. The summed E-state index contributed by atoms with van der Waals surface area (Å²) in [5, 5.41) is 44.1. The minimum Gasteiger partial charge on any atom is -0.394 e. The number of nitrogens with one attached hydrogen (secondary N) is 1. The minimum absolute atomic E-state index is 0.356. The molecule has 0 bridgehead atoms. The second kappa shape index (κ2) is 61.1. The van der Waals surface area contributed by atoms with E-state index in [0.717, 1.165) is 51.4 Å². The van der Waals surface area contributed by atoms with E-state index in [1.807, 2.05) is 0 Å². The van der Waals surface area contributed by atoms with Crippen LogP contribution in [0.1, 0.15) is 341 Å². The summed E-state index contributed by atoms with van der Waals surface area (Å²) in [5.41, 5.74) is 0. The van der Waals surface area contributed by atoms with Gasteiger partial charge in [-0.25, -0.2) is 0 Å². The number of hydrogen-bond donors (Lipinski definition) is 5. The molecule has 0 saturated heterocycles. The minimum atomic E-state index is -1.30. The molecule has 1 amide bonds. The van der Waals surface area contributed by atoms with E-state index in [1.54, 1.807) is 0 Å². The molecule has 0 saturated carbocycles. The van der Waals surface area contributed by atoms with Crippen LogP contribution in [0.3, 0.4) is 0 Å². The molecule has 0 aliphatic heterocycles. The molecule has 6 nitrogen and oxygen atoms in total. The third-order valence-corrected chi connectivity index (χ3v) is 15.2. The lowest BCUT2D eigenvalue weighted by Gasteiger charge is -2.27. The first kappa shape index (κ1) is 71.3. The molecule has 0 aromatic heterocycles. The van der Waals surface area contributed by atoms with Crippen molar-refractivity contribution >= 4 is 5.91 Å². The highest BCUT2D eigenvalue weighted by atomic mass is 16.3. The maximum absolute atomic E-state index is 12.6. The number of amides is 1. The molecule has 0 spiro atoms. The van der Waals surface area contributed by atoms with Crippen LogP contribution < -0.4 is 5.32 Å². The van der Waals surface area contributed by atoms with Gasteiger partial charge in [-0.15, -0.1) is 0 Å². The molecule has 0 rings (SSSR count). The predicted molar refractivity (Wildman–Crippen MR) is 320 cm³/mol. The fourth-order valence-electron chi connectivity index (χ4n) is 10.1. The number of hydrogen-bond acceptors (Lipinski definition) is 5. The Kier molecular flexibility index (Phi) is 59.7. The molecular formula is C67H127NO5. The lowest BCUT2D eigenvalue weighted by atomic mass is 10.00. The lowest BCUT2D eigenvalue weighted by Crippen LogP contribution is -2.53. The molecule has 0 aromatic carbocycles. The van der Waals surface area contributed by atoms with E-state index in [4.69, 9.17) is 0 Å². The monoisotopic (exact) mass is 1030 g/mol. The van der Waals surface area contributed by atoms with Gasteiger partial charge in [0.25, 0.3) is 0 Å². The molecule has 6 heteroatoms. The maximum atomic E-state index is 12.6. The summed E-state index contributed by atoms with van der Waals surface area (Å²) < 4.78 is 0. The van der Waals surface area contributed by atoms with Crippen molar-refractivity contribution in [2.24, 2.45) is 0 Å². The molecule has 430 valence electrons. The van der Waals surface area contributed by atoms with Crippen LogP contribution in [0.5, 0.6) is 0 Å². The van der Waals surface area contributed by atoms with Crippen LogP contribution in [-0.4, -0.2) is 57.3 Å². The maximum Gasteiger partial charge on any atom is 0.249 e. The van der Waals surface area contributed by atoms with Gasteiger partial charge in [-0.1, -0.05) is 300 Å². The first-order valence-corrected chi connectivity index (χ1v) is 32.5. The van der Waals surface area contributed by atoms with Crippen molar-refractivity contribution in [3.8, 4) is 0 Å². The number of aliphatic hydroxyl groups is 4. The van der Waals surface area contributed by atoms with Gasteiger partial charge in [0.1, 0.15) is 12.2 Å². The summed E-state index contributed by atoms with van der Waals surface area (Å²) in [6.45, 7) is 4.08. The Morgan fingerprint density at radius 3 is 0.863 bits per heavy atom. The summed E-state index contributed by atoms with van der Waals surface area (Å²) in [5.74, 6) is -0.598. The normalized spacial score (nSPS) is 13.9. The van der Waals surface area contributed by atoms with Crippen molar-refractivity contribution in [3.05, 3.63) is 48.6 Å². The lowest BCUT2D eigenvalue weighted by molar-refractivity contribution is -0.132. The van der Waals surface area contributed by atoms with E-state index in [2.05, 4.69) is 67.8 Å². The summed E-state index contributed by atoms with van der Waals surface area (Å²) in [6, 6.07) is -1.02. The smallest absolute Gasteiger partial charge is 0.249 e. The van der Waals surface area contributed by atoms with Gasteiger partial charge in [-0.05, 0) is 89.9 Å². The molecule has 0 heterocycles. The van der Waals surface area contributed by atoms with Crippen LogP contribution in [-0.2, 0) is 4.79 Å². The SMILES string of the molecule is CCCCCCCCCCCCCC/C=C\CCCCCCCCCCCC(O)C(=O)NC(CO)C(O)C(O)CCC/C=C/CC/C=C/CC/C=C/CCCCCCCCCCCCCCCCCCCCC.